The Hall–Kier alpha value is -8.60. The van der Waals surface area contributed by atoms with Crippen molar-refractivity contribution in [1.29, 1.82) is 5.26 Å². The van der Waals surface area contributed by atoms with E-state index in [-0.39, 0.29) is 16.4 Å². The maximum absolute atomic E-state index is 11.4. The number of anilines is 3. The summed E-state index contributed by atoms with van der Waals surface area (Å²) in [4.78, 5) is 13.9. The van der Waals surface area contributed by atoms with Crippen molar-refractivity contribution in [2.45, 2.75) is 181 Å². The van der Waals surface area contributed by atoms with Gasteiger partial charge in [-0.05, 0) is 197 Å². The number of rotatable bonds is 29. The largest absolute Gasteiger partial charge is 0.477 e. The molecule has 1 heterocycles. The van der Waals surface area contributed by atoms with Crippen molar-refractivity contribution in [3.05, 3.63) is 214 Å². The summed E-state index contributed by atoms with van der Waals surface area (Å²) in [5.74, 6) is -0.494. The van der Waals surface area contributed by atoms with Crippen LogP contribution in [0.3, 0.4) is 0 Å². The van der Waals surface area contributed by atoms with Gasteiger partial charge < -0.3 is 14.4 Å². The average molecular weight is 1180 g/mol. The molecule has 8 aromatic carbocycles. The lowest BCUT2D eigenvalue weighted by molar-refractivity contribution is -0.132. The van der Waals surface area contributed by atoms with Gasteiger partial charge in [-0.3, -0.25) is 0 Å². The van der Waals surface area contributed by atoms with Gasteiger partial charge in [0.05, 0.1) is 0 Å². The quantitative estimate of drug-likeness (QED) is 0.0283. The van der Waals surface area contributed by atoms with Crippen LogP contribution >= 0.6 is 0 Å². The molecule has 7 nitrogen and oxygen atoms in total. The Kier molecular flexibility index (Phi) is 19.7. The van der Waals surface area contributed by atoms with Crippen LogP contribution in [0.2, 0.25) is 0 Å². The number of hydrogen-bond donors (Lipinski definition) is 1. The second-order valence-corrected chi connectivity index (χ2v) is 25.5. The molecule has 11 rings (SSSR count). The number of fused-ring (bicyclic) bond motifs is 6. The van der Waals surface area contributed by atoms with Crippen LogP contribution in [0.25, 0.3) is 73.5 Å². The molecule has 0 saturated heterocycles. The Bertz CT molecular complexity index is 3900. The fourth-order valence-corrected chi connectivity index (χ4v) is 14.5. The van der Waals surface area contributed by atoms with Crippen LogP contribution in [0, 0.1) is 25.2 Å². The van der Waals surface area contributed by atoms with E-state index in [4.69, 9.17) is 4.42 Å². The van der Waals surface area contributed by atoms with E-state index < -0.39 is 5.97 Å². The van der Waals surface area contributed by atoms with E-state index in [2.05, 4.69) is 202 Å². The highest BCUT2D eigenvalue weighted by Gasteiger charge is 2.45. The average Bonchev–Trinajstić information content (AvgIpc) is 1.59. The molecule has 2 aliphatic carbocycles. The minimum absolute atomic E-state index is 0.119. The number of carbonyl (C=O) groups is 1. The number of unbranched alkanes of at least 4 members (excludes halogenated alkanes) is 12. The Balaban J connectivity index is 0.972. The number of benzene rings is 8. The van der Waals surface area contributed by atoms with Gasteiger partial charge in [-0.15, -0.1) is 10.2 Å². The Labute approximate surface area is 529 Å². The van der Waals surface area contributed by atoms with E-state index in [0.717, 1.165) is 36.8 Å². The van der Waals surface area contributed by atoms with Crippen molar-refractivity contribution in [2.24, 2.45) is 0 Å². The number of nitriles is 1. The van der Waals surface area contributed by atoms with Crippen LogP contribution in [-0.2, 0) is 15.6 Å². The first kappa shape index (κ1) is 62.0. The zero-order valence-electron chi connectivity index (χ0n) is 53.4. The maximum Gasteiger partial charge on any atom is 0.346 e. The zero-order chi connectivity index (χ0) is 61.9. The van der Waals surface area contributed by atoms with Gasteiger partial charge in [0.1, 0.15) is 11.6 Å². The van der Waals surface area contributed by atoms with Crippen LogP contribution < -0.4 is 4.90 Å². The number of aliphatic carboxylic acids is 1. The molecule has 1 aromatic heterocycles. The van der Waals surface area contributed by atoms with Crippen LogP contribution in [0.1, 0.15) is 195 Å². The number of carboxylic acid groups (broad SMARTS) is 1. The van der Waals surface area contributed by atoms with Crippen LogP contribution in [0.5, 0.6) is 0 Å². The summed E-state index contributed by atoms with van der Waals surface area (Å²) >= 11 is 0. The second-order valence-electron chi connectivity index (χ2n) is 25.5. The maximum atomic E-state index is 11.4. The first-order valence-corrected chi connectivity index (χ1v) is 33.4. The molecule has 0 saturated carbocycles. The van der Waals surface area contributed by atoms with Gasteiger partial charge in [0.25, 0.3) is 0 Å². The standard InChI is InChI=1S/C82H88N4O3/c1-7-11-15-19-47-81(48-20-16-12-8-2)74-52-63(60-31-33-62(34-32-60)79-85-84-78(89-79)61-29-27-59(28-30-61)51-66(56-83)80(87)88)35-43-70(74)71-44-36-64(53-75(71)81)65-37-45-72-73-46-42-69(86(67-38-23-57(5)24-39-67)68-40-25-58(6)26-41-68)55-77(73)82(76(72)54-65,49-21-17-13-9-3)50-22-18-14-10-4/h23-46,51-55H,7-22,47-50H2,1-6H3,(H,87,88)/b66-51-. The summed E-state index contributed by atoms with van der Waals surface area (Å²) in [5, 5.41) is 27.3. The predicted molar refractivity (Wildman–Crippen MR) is 369 cm³/mol. The lowest BCUT2D eigenvalue weighted by Crippen LogP contribution is -2.26. The van der Waals surface area contributed by atoms with E-state index >= 15 is 0 Å². The summed E-state index contributed by atoms with van der Waals surface area (Å²) in [7, 11) is 0. The van der Waals surface area contributed by atoms with Crippen LogP contribution in [0.4, 0.5) is 17.1 Å². The van der Waals surface area contributed by atoms with Crippen molar-refractivity contribution in [2.75, 3.05) is 4.90 Å². The molecule has 0 radical (unpaired) electrons. The summed E-state index contributed by atoms with van der Waals surface area (Å²) < 4.78 is 6.21. The minimum atomic E-state index is -1.26. The normalized spacial score (nSPS) is 13.4. The molecule has 7 heteroatoms. The number of aromatic nitrogens is 2. The molecular weight excluding hydrogens is 1090 g/mol. The highest BCUT2D eigenvalue weighted by molar-refractivity contribution is 5.96. The molecule has 0 unspecified atom stereocenters. The van der Waals surface area contributed by atoms with Gasteiger partial charge in [0.2, 0.25) is 11.8 Å². The predicted octanol–water partition coefficient (Wildman–Crippen LogP) is 23.2. The van der Waals surface area contributed by atoms with Crippen molar-refractivity contribution in [1.82, 2.24) is 10.2 Å². The Morgan fingerprint density at radius 1 is 0.438 bits per heavy atom. The van der Waals surface area contributed by atoms with Gasteiger partial charge in [-0.2, -0.15) is 5.26 Å². The van der Waals surface area contributed by atoms with E-state index in [0.29, 0.717) is 22.9 Å². The third-order valence-corrected chi connectivity index (χ3v) is 19.4. The molecule has 1 N–H and O–H groups in total. The third-order valence-electron chi connectivity index (χ3n) is 19.4. The molecule has 89 heavy (non-hydrogen) atoms. The highest BCUT2D eigenvalue weighted by Crippen LogP contribution is 2.59. The van der Waals surface area contributed by atoms with E-state index in [9.17, 15) is 15.2 Å². The molecule has 0 bridgehead atoms. The number of nitrogens with zero attached hydrogens (tertiary/aromatic N) is 4. The van der Waals surface area contributed by atoms with Gasteiger partial charge in [0, 0.05) is 39.0 Å². The first-order valence-electron chi connectivity index (χ1n) is 33.4. The van der Waals surface area contributed by atoms with Gasteiger partial charge in [0.15, 0.2) is 0 Å². The highest BCUT2D eigenvalue weighted by atomic mass is 16.4. The lowest BCUT2D eigenvalue weighted by atomic mass is 9.69. The van der Waals surface area contributed by atoms with E-state index in [1.54, 1.807) is 30.3 Å². The Morgan fingerprint density at radius 3 is 1.16 bits per heavy atom. The number of hydrogen-bond acceptors (Lipinski definition) is 6. The topological polar surface area (TPSA) is 103 Å². The zero-order valence-corrected chi connectivity index (χ0v) is 53.4. The van der Waals surface area contributed by atoms with E-state index in [1.165, 1.54) is 198 Å². The molecule has 2 aliphatic rings. The molecular formula is C82H88N4O3. The minimum Gasteiger partial charge on any atom is -0.477 e. The van der Waals surface area contributed by atoms with Crippen molar-refractivity contribution >= 4 is 29.1 Å². The fraction of sp³-hybridized carbons (Fsp3) is 0.341. The number of aryl methyl sites for hydroxylation is 2. The molecule has 454 valence electrons. The van der Waals surface area contributed by atoms with Crippen LogP contribution in [-0.4, -0.2) is 21.3 Å². The molecule has 0 spiro atoms. The van der Waals surface area contributed by atoms with Gasteiger partial charge in [-0.25, -0.2) is 4.79 Å². The molecule has 0 atom stereocenters. The summed E-state index contributed by atoms with van der Waals surface area (Å²) in [6, 6.07) is 65.3. The fourth-order valence-electron chi connectivity index (χ4n) is 14.5. The Morgan fingerprint density at radius 2 is 0.775 bits per heavy atom. The monoisotopic (exact) mass is 1180 g/mol. The lowest BCUT2D eigenvalue weighted by Gasteiger charge is -2.34. The smallest absolute Gasteiger partial charge is 0.346 e. The summed E-state index contributed by atoms with van der Waals surface area (Å²) in [6.07, 6.45) is 25.5. The first-order chi connectivity index (χ1) is 43.5. The van der Waals surface area contributed by atoms with Gasteiger partial charge >= 0.3 is 5.97 Å². The van der Waals surface area contributed by atoms with Crippen molar-refractivity contribution in [3.63, 3.8) is 0 Å². The van der Waals surface area contributed by atoms with Crippen molar-refractivity contribution in [3.8, 4) is 73.5 Å². The molecule has 0 fully saturated rings. The van der Waals surface area contributed by atoms with E-state index in [1.807, 2.05) is 0 Å². The van der Waals surface area contributed by atoms with Crippen LogP contribution in [0.15, 0.2) is 180 Å². The second kappa shape index (κ2) is 28.3. The van der Waals surface area contributed by atoms with Crippen molar-refractivity contribution < 1.29 is 14.3 Å². The third kappa shape index (κ3) is 13.1. The SMILES string of the molecule is CCCCCCC1(CCCCCC)c2cc(-c3ccc(-c4nnc(-c5ccc(/C=C(/C#N)C(=O)O)cc5)o4)cc3)ccc2-c2ccc(-c3ccc4c(c3)C(CCCCCC)(CCCCCC)c3cc(N(c5ccc(C)cc5)c5ccc(C)cc5)ccc3-4)cc21. The molecule has 0 aliphatic heterocycles. The summed E-state index contributed by atoms with van der Waals surface area (Å²) in [6.45, 7) is 13.7. The summed E-state index contributed by atoms with van der Waals surface area (Å²) in [5.41, 5.74) is 24.2. The number of carboxylic acids is 1. The van der Waals surface area contributed by atoms with Gasteiger partial charge in [-0.1, -0.05) is 233 Å². The molecule has 0 amide bonds. The molecule has 9 aromatic rings.